The first-order valence-corrected chi connectivity index (χ1v) is 5.25. The SMILES string of the molecule is COc1ccc(Br)c2onc(CC(=O)O)c12. The fourth-order valence-electron chi connectivity index (χ4n) is 1.48. The van der Waals surface area contributed by atoms with Crippen LogP contribution in [0.3, 0.4) is 0 Å². The van der Waals surface area contributed by atoms with E-state index < -0.39 is 5.97 Å². The van der Waals surface area contributed by atoms with E-state index in [1.165, 1.54) is 7.11 Å². The summed E-state index contributed by atoms with van der Waals surface area (Å²) in [7, 11) is 1.51. The van der Waals surface area contributed by atoms with Gasteiger partial charge >= 0.3 is 5.97 Å². The summed E-state index contributed by atoms with van der Waals surface area (Å²) in [6.07, 6.45) is -0.195. The fourth-order valence-corrected chi connectivity index (χ4v) is 1.88. The molecule has 0 saturated carbocycles. The Labute approximate surface area is 99.1 Å². The number of carboxylic acid groups (broad SMARTS) is 1. The first kappa shape index (κ1) is 10.9. The van der Waals surface area contributed by atoms with E-state index >= 15 is 0 Å². The molecule has 6 heteroatoms. The van der Waals surface area contributed by atoms with Gasteiger partial charge in [-0.25, -0.2) is 0 Å². The van der Waals surface area contributed by atoms with E-state index in [2.05, 4.69) is 21.1 Å². The maximum atomic E-state index is 10.7. The Balaban J connectivity index is 2.67. The lowest BCUT2D eigenvalue weighted by atomic mass is 10.1. The summed E-state index contributed by atoms with van der Waals surface area (Å²) in [5.41, 5.74) is 0.858. The van der Waals surface area contributed by atoms with Crippen molar-refractivity contribution in [3.8, 4) is 5.75 Å². The van der Waals surface area contributed by atoms with Gasteiger partial charge in [0.1, 0.15) is 11.4 Å². The molecule has 2 rings (SSSR count). The molecular formula is C10H8BrNO4. The summed E-state index contributed by atoms with van der Waals surface area (Å²) in [5, 5.41) is 13.1. The molecule has 0 amide bonds. The third-order valence-electron chi connectivity index (χ3n) is 2.15. The lowest BCUT2D eigenvalue weighted by Gasteiger charge is -2.02. The second kappa shape index (κ2) is 4.13. The van der Waals surface area contributed by atoms with Gasteiger partial charge in [0.05, 0.1) is 23.4 Å². The fraction of sp³-hybridized carbons (Fsp3) is 0.200. The molecule has 16 heavy (non-hydrogen) atoms. The molecule has 1 N–H and O–H groups in total. The average Bonchev–Trinajstić information content (AvgIpc) is 2.63. The van der Waals surface area contributed by atoms with Crippen molar-refractivity contribution >= 4 is 32.9 Å². The monoisotopic (exact) mass is 285 g/mol. The van der Waals surface area contributed by atoms with Crippen LogP contribution >= 0.6 is 15.9 Å². The Kier molecular flexibility index (Phi) is 2.82. The molecule has 0 saturated heterocycles. The third kappa shape index (κ3) is 1.76. The minimum absolute atomic E-state index is 0.195. The number of carbonyl (C=O) groups is 1. The van der Waals surface area contributed by atoms with Gasteiger partial charge in [0.15, 0.2) is 5.58 Å². The van der Waals surface area contributed by atoms with E-state index in [9.17, 15) is 4.79 Å². The van der Waals surface area contributed by atoms with Gasteiger partial charge in [-0.15, -0.1) is 0 Å². The molecule has 0 aliphatic carbocycles. The number of aliphatic carboxylic acids is 1. The predicted octanol–water partition coefficient (Wildman–Crippen LogP) is 2.23. The van der Waals surface area contributed by atoms with E-state index in [4.69, 9.17) is 14.4 Å². The second-order valence-electron chi connectivity index (χ2n) is 3.15. The van der Waals surface area contributed by atoms with E-state index in [-0.39, 0.29) is 6.42 Å². The van der Waals surface area contributed by atoms with Gasteiger partial charge in [-0.05, 0) is 28.1 Å². The zero-order valence-electron chi connectivity index (χ0n) is 8.36. The van der Waals surface area contributed by atoms with Crippen molar-refractivity contribution in [2.45, 2.75) is 6.42 Å². The number of fused-ring (bicyclic) bond motifs is 1. The molecule has 0 radical (unpaired) electrons. The second-order valence-corrected chi connectivity index (χ2v) is 4.01. The van der Waals surface area contributed by atoms with Crippen LogP contribution in [0.5, 0.6) is 5.75 Å². The lowest BCUT2D eigenvalue weighted by molar-refractivity contribution is -0.136. The van der Waals surface area contributed by atoms with Crippen LogP contribution in [0.25, 0.3) is 11.0 Å². The summed E-state index contributed by atoms with van der Waals surface area (Å²) in [4.78, 5) is 10.7. The number of hydrogen-bond acceptors (Lipinski definition) is 4. The number of halogens is 1. The molecule has 0 bridgehead atoms. The smallest absolute Gasteiger partial charge is 0.309 e. The first-order valence-electron chi connectivity index (χ1n) is 4.46. The Hall–Kier alpha value is -1.56. The highest BCUT2D eigenvalue weighted by Crippen LogP contribution is 2.34. The molecule has 0 atom stereocenters. The van der Waals surface area contributed by atoms with Gasteiger partial charge in [0, 0.05) is 0 Å². The molecule has 0 unspecified atom stereocenters. The summed E-state index contributed by atoms with van der Waals surface area (Å²) >= 11 is 3.30. The van der Waals surface area contributed by atoms with Crippen molar-refractivity contribution < 1.29 is 19.2 Å². The third-order valence-corrected chi connectivity index (χ3v) is 2.77. The van der Waals surface area contributed by atoms with E-state index in [1.54, 1.807) is 12.1 Å². The molecule has 1 aromatic heterocycles. The van der Waals surface area contributed by atoms with E-state index in [0.717, 1.165) is 0 Å². The quantitative estimate of drug-likeness (QED) is 0.936. The molecular weight excluding hydrogens is 278 g/mol. The molecule has 84 valence electrons. The first-order chi connectivity index (χ1) is 7.63. The summed E-state index contributed by atoms with van der Waals surface area (Å²) in [5.74, 6) is -0.409. The molecule has 0 spiro atoms. The largest absolute Gasteiger partial charge is 0.496 e. The van der Waals surface area contributed by atoms with Crippen LogP contribution in [0.2, 0.25) is 0 Å². The Morgan fingerprint density at radius 2 is 2.38 bits per heavy atom. The molecule has 1 heterocycles. The number of ether oxygens (including phenoxy) is 1. The summed E-state index contributed by atoms with van der Waals surface area (Å²) in [6, 6.07) is 3.49. The van der Waals surface area contributed by atoms with E-state index in [1.807, 2.05) is 0 Å². The Morgan fingerprint density at radius 1 is 1.62 bits per heavy atom. The van der Waals surface area contributed by atoms with Gasteiger partial charge in [-0.1, -0.05) is 5.16 Å². The predicted molar refractivity (Wildman–Crippen MR) is 59.6 cm³/mol. The van der Waals surface area contributed by atoms with Crippen molar-refractivity contribution in [1.29, 1.82) is 0 Å². The number of rotatable bonds is 3. The maximum absolute atomic E-state index is 10.7. The van der Waals surface area contributed by atoms with Crippen molar-refractivity contribution in [1.82, 2.24) is 5.16 Å². The zero-order valence-corrected chi connectivity index (χ0v) is 9.94. The number of aromatic nitrogens is 1. The topological polar surface area (TPSA) is 72.6 Å². The zero-order chi connectivity index (χ0) is 11.7. The highest BCUT2D eigenvalue weighted by Gasteiger charge is 2.17. The number of methoxy groups -OCH3 is 1. The van der Waals surface area contributed by atoms with Gasteiger partial charge in [-0.2, -0.15) is 0 Å². The standard InChI is InChI=1S/C10H8BrNO4/c1-15-7-3-2-5(11)10-9(7)6(12-16-10)4-8(13)14/h2-3H,4H2,1H3,(H,13,14). The van der Waals surface area contributed by atoms with E-state index in [0.29, 0.717) is 26.9 Å². The van der Waals surface area contributed by atoms with Crippen LogP contribution in [-0.4, -0.2) is 23.3 Å². The van der Waals surface area contributed by atoms with Crippen LogP contribution in [0.4, 0.5) is 0 Å². The van der Waals surface area contributed by atoms with Crippen LogP contribution in [0, 0.1) is 0 Å². The van der Waals surface area contributed by atoms with Crippen molar-refractivity contribution in [3.63, 3.8) is 0 Å². The Morgan fingerprint density at radius 3 is 3.00 bits per heavy atom. The number of hydrogen-bond donors (Lipinski definition) is 1. The highest BCUT2D eigenvalue weighted by atomic mass is 79.9. The Bertz CT molecular complexity index is 549. The van der Waals surface area contributed by atoms with Crippen LogP contribution in [-0.2, 0) is 11.2 Å². The number of carboxylic acids is 1. The molecule has 2 aromatic rings. The van der Waals surface area contributed by atoms with Gasteiger partial charge < -0.3 is 14.4 Å². The molecule has 5 nitrogen and oxygen atoms in total. The van der Waals surface area contributed by atoms with Gasteiger partial charge in [0.2, 0.25) is 0 Å². The van der Waals surface area contributed by atoms with Crippen LogP contribution in [0.15, 0.2) is 21.1 Å². The molecule has 0 aliphatic rings. The van der Waals surface area contributed by atoms with Gasteiger partial charge in [0.25, 0.3) is 0 Å². The van der Waals surface area contributed by atoms with Crippen molar-refractivity contribution in [2.75, 3.05) is 7.11 Å². The molecule has 1 aromatic carbocycles. The maximum Gasteiger partial charge on any atom is 0.309 e. The normalized spacial score (nSPS) is 10.6. The molecule has 0 fully saturated rings. The number of benzene rings is 1. The highest BCUT2D eigenvalue weighted by molar-refractivity contribution is 9.10. The summed E-state index contributed by atoms with van der Waals surface area (Å²) < 4.78 is 10.9. The van der Waals surface area contributed by atoms with Crippen molar-refractivity contribution in [3.05, 3.63) is 22.3 Å². The minimum atomic E-state index is -0.961. The van der Waals surface area contributed by atoms with Crippen LogP contribution in [0.1, 0.15) is 5.69 Å². The molecule has 0 aliphatic heterocycles. The summed E-state index contributed by atoms with van der Waals surface area (Å²) in [6.45, 7) is 0. The van der Waals surface area contributed by atoms with Gasteiger partial charge in [-0.3, -0.25) is 4.79 Å². The van der Waals surface area contributed by atoms with Crippen molar-refractivity contribution in [2.24, 2.45) is 0 Å². The number of nitrogens with zero attached hydrogens (tertiary/aromatic N) is 1. The van der Waals surface area contributed by atoms with Crippen LogP contribution < -0.4 is 4.74 Å². The minimum Gasteiger partial charge on any atom is -0.496 e. The average molecular weight is 286 g/mol. The lowest BCUT2D eigenvalue weighted by Crippen LogP contribution is -2.01.